The number of aliphatic hydroxyl groups is 2. The van der Waals surface area contributed by atoms with E-state index in [9.17, 15) is 14.6 Å². The Balaban J connectivity index is 2.61. The number of aliphatic hydroxyl groups excluding tert-OH is 1. The Bertz CT molecular complexity index is 382. The van der Waals surface area contributed by atoms with E-state index in [0.717, 1.165) is 0 Å². The summed E-state index contributed by atoms with van der Waals surface area (Å²) >= 11 is 0. The number of hydrogen-bond acceptors (Lipinski definition) is 3. The number of β-amino-alcohol motifs (C(OH)–C–C–N with tert-alkyl or cyclic N) is 1. The van der Waals surface area contributed by atoms with Crippen molar-refractivity contribution in [2.24, 2.45) is 0 Å². The summed E-state index contributed by atoms with van der Waals surface area (Å²) in [6.45, 7) is 7.45. The van der Waals surface area contributed by atoms with Crippen molar-refractivity contribution in [3.63, 3.8) is 0 Å². The molecule has 4 heteroatoms. The van der Waals surface area contributed by atoms with Gasteiger partial charge in [-0.1, -0.05) is 12.1 Å². The molecule has 3 N–H and O–H groups in total. The van der Waals surface area contributed by atoms with Crippen molar-refractivity contribution in [3.05, 3.63) is 35.6 Å². The van der Waals surface area contributed by atoms with Gasteiger partial charge >= 0.3 is 0 Å². The summed E-state index contributed by atoms with van der Waals surface area (Å²) in [4.78, 5) is 0. The molecule has 1 aromatic rings. The lowest BCUT2D eigenvalue weighted by molar-refractivity contribution is -0.00978. The van der Waals surface area contributed by atoms with Crippen molar-refractivity contribution < 1.29 is 14.6 Å². The SMILES string of the molecule is CC(C)(O)C(C)(C)NCC(O)c1ccc(F)cc1. The largest absolute Gasteiger partial charge is 0.389 e. The predicted molar refractivity (Wildman–Crippen MR) is 69.7 cm³/mol. The molecule has 0 saturated heterocycles. The monoisotopic (exact) mass is 255 g/mol. The molecule has 102 valence electrons. The second kappa shape index (κ2) is 5.34. The van der Waals surface area contributed by atoms with Gasteiger partial charge in [0.15, 0.2) is 0 Å². The Morgan fingerprint density at radius 3 is 2.11 bits per heavy atom. The standard InChI is InChI=1S/C14H22FNO2/c1-13(2,14(3,4)18)16-9-12(17)10-5-7-11(15)8-6-10/h5-8,12,16-18H,9H2,1-4H3. The maximum atomic E-state index is 12.8. The summed E-state index contributed by atoms with van der Waals surface area (Å²) in [6.07, 6.45) is -0.729. The molecule has 18 heavy (non-hydrogen) atoms. The molecule has 1 aromatic carbocycles. The van der Waals surface area contributed by atoms with Gasteiger partial charge in [-0.3, -0.25) is 0 Å². The molecule has 0 aliphatic heterocycles. The highest BCUT2D eigenvalue weighted by Gasteiger charge is 2.34. The summed E-state index contributed by atoms with van der Waals surface area (Å²) in [5, 5.41) is 23.1. The molecule has 0 aliphatic carbocycles. The fourth-order valence-electron chi connectivity index (χ4n) is 1.37. The third kappa shape index (κ3) is 3.77. The van der Waals surface area contributed by atoms with Crippen molar-refractivity contribution in [2.75, 3.05) is 6.54 Å². The van der Waals surface area contributed by atoms with Crippen LogP contribution in [0.2, 0.25) is 0 Å². The van der Waals surface area contributed by atoms with Crippen LogP contribution < -0.4 is 5.32 Å². The van der Waals surface area contributed by atoms with E-state index in [1.165, 1.54) is 12.1 Å². The lowest BCUT2D eigenvalue weighted by Gasteiger charge is -2.38. The summed E-state index contributed by atoms with van der Waals surface area (Å²) < 4.78 is 12.8. The third-order valence-electron chi connectivity index (χ3n) is 3.52. The average molecular weight is 255 g/mol. The molecule has 0 spiro atoms. The third-order valence-corrected chi connectivity index (χ3v) is 3.52. The van der Waals surface area contributed by atoms with Crippen molar-refractivity contribution in [3.8, 4) is 0 Å². The van der Waals surface area contributed by atoms with Crippen LogP contribution in [0.25, 0.3) is 0 Å². The molecule has 0 aromatic heterocycles. The van der Waals surface area contributed by atoms with Crippen LogP contribution in [-0.2, 0) is 0 Å². The van der Waals surface area contributed by atoms with E-state index in [-0.39, 0.29) is 5.82 Å². The number of nitrogens with one attached hydrogen (secondary N) is 1. The van der Waals surface area contributed by atoms with Gasteiger partial charge in [-0.2, -0.15) is 0 Å². The minimum absolute atomic E-state index is 0.294. The number of benzene rings is 1. The Morgan fingerprint density at radius 2 is 1.67 bits per heavy atom. The molecular weight excluding hydrogens is 233 g/mol. The predicted octanol–water partition coefficient (Wildman–Crippen LogP) is 2.00. The molecule has 0 amide bonds. The molecule has 0 aliphatic rings. The summed E-state index contributed by atoms with van der Waals surface area (Å²) in [7, 11) is 0. The molecule has 0 heterocycles. The average Bonchev–Trinajstić information content (AvgIpc) is 2.25. The van der Waals surface area contributed by atoms with Gasteiger partial charge in [-0.15, -0.1) is 0 Å². The molecule has 0 bridgehead atoms. The lowest BCUT2D eigenvalue weighted by Crippen LogP contribution is -2.56. The van der Waals surface area contributed by atoms with Crippen molar-refractivity contribution in [2.45, 2.75) is 44.9 Å². The Hall–Kier alpha value is -0.970. The quantitative estimate of drug-likeness (QED) is 0.754. The maximum absolute atomic E-state index is 12.8. The highest BCUT2D eigenvalue weighted by molar-refractivity contribution is 5.18. The van der Waals surface area contributed by atoms with Crippen molar-refractivity contribution in [1.82, 2.24) is 5.32 Å². The molecule has 3 nitrogen and oxygen atoms in total. The molecule has 0 fully saturated rings. The first-order valence-electron chi connectivity index (χ1n) is 6.04. The number of hydrogen-bond donors (Lipinski definition) is 3. The highest BCUT2D eigenvalue weighted by atomic mass is 19.1. The van der Waals surface area contributed by atoms with Crippen LogP contribution in [-0.4, -0.2) is 27.9 Å². The van der Waals surface area contributed by atoms with Crippen molar-refractivity contribution >= 4 is 0 Å². The smallest absolute Gasteiger partial charge is 0.123 e. The second-order valence-corrected chi connectivity index (χ2v) is 5.63. The topological polar surface area (TPSA) is 52.5 Å². The van der Waals surface area contributed by atoms with E-state index in [1.54, 1.807) is 26.0 Å². The molecular formula is C14H22FNO2. The fraction of sp³-hybridized carbons (Fsp3) is 0.571. The molecule has 1 rings (SSSR count). The Labute approximate surface area is 108 Å². The van der Waals surface area contributed by atoms with E-state index in [4.69, 9.17) is 0 Å². The van der Waals surface area contributed by atoms with E-state index in [1.807, 2.05) is 13.8 Å². The van der Waals surface area contributed by atoms with Crippen LogP contribution in [0.1, 0.15) is 39.4 Å². The number of rotatable bonds is 5. The van der Waals surface area contributed by atoms with E-state index in [0.29, 0.717) is 12.1 Å². The highest BCUT2D eigenvalue weighted by Crippen LogP contribution is 2.21. The van der Waals surface area contributed by atoms with Gasteiger partial charge in [0.1, 0.15) is 5.82 Å². The molecule has 0 radical (unpaired) electrons. The second-order valence-electron chi connectivity index (χ2n) is 5.63. The summed E-state index contributed by atoms with van der Waals surface area (Å²) in [5.41, 5.74) is -0.792. The summed E-state index contributed by atoms with van der Waals surface area (Å²) in [6, 6.07) is 5.75. The van der Waals surface area contributed by atoms with Gasteiger partial charge in [-0.25, -0.2) is 4.39 Å². The van der Waals surface area contributed by atoms with Gasteiger partial charge in [0.2, 0.25) is 0 Å². The Morgan fingerprint density at radius 1 is 1.17 bits per heavy atom. The zero-order chi connectivity index (χ0) is 14.0. The van der Waals surface area contributed by atoms with Crippen LogP contribution in [0, 0.1) is 5.82 Å². The van der Waals surface area contributed by atoms with Crippen LogP contribution in [0.15, 0.2) is 24.3 Å². The van der Waals surface area contributed by atoms with E-state index >= 15 is 0 Å². The number of halogens is 1. The van der Waals surface area contributed by atoms with Gasteiger partial charge in [0.05, 0.1) is 11.7 Å². The normalized spacial score (nSPS) is 14.6. The molecule has 1 atom stereocenters. The minimum atomic E-state index is -0.907. The Kier molecular flexibility index (Phi) is 4.48. The van der Waals surface area contributed by atoms with Crippen LogP contribution in [0.3, 0.4) is 0 Å². The van der Waals surface area contributed by atoms with Gasteiger partial charge < -0.3 is 15.5 Å². The van der Waals surface area contributed by atoms with Crippen LogP contribution in [0.4, 0.5) is 4.39 Å². The first-order valence-corrected chi connectivity index (χ1v) is 6.04. The fourth-order valence-corrected chi connectivity index (χ4v) is 1.37. The summed E-state index contributed by atoms with van der Waals surface area (Å²) in [5.74, 6) is -0.323. The zero-order valence-electron chi connectivity index (χ0n) is 11.4. The molecule has 0 saturated carbocycles. The van der Waals surface area contributed by atoms with Crippen LogP contribution in [0.5, 0.6) is 0 Å². The van der Waals surface area contributed by atoms with E-state index < -0.39 is 17.2 Å². The first-order chi connectivity index (χ1) is 8.13. The maximum Gasteiger partial charge on any atom is 0.123 e. The van der Waals surface area contributed by atoms with Gasteiger partial charge in [0.25, 0.3) is 0 Å². The lowest BCUT2D eigenvalue weighted by atomic mass is 9.86. The zero-order valence-corrected chi connectivity index (χ0v) is 11.4. The molecule has 1 unspecified atom stereocenters. The van der Waals surface area contributed by atoms with E-state index in [2.05, 4.69) is 5.32 Å². The van der Waals surface area contributed by atoms with Gasteiger partial charge in [-0.05, 0) is 45.4 Å². The minimum Gasteiger partial charge on any atom is -0.389 e. The van der Waals surface area contributed by atoms with Crippen LogP contribution >= 0.6 is 0 Å². The first kappa shape index (κ1) is 15.1. The van der Waals surface area contributed by atoms with Gasteiger partial charge in [0, 0.05) is 12.1 Å². The van der Waals surface area contributed by atoms with Crippen molar-refractivity contribution in [1.29, 1.82) is 0 Å².